The van der Waals surface area contributed by atoms with Gasteiger partial charge in [0.2, 0.25) is 5.88 Å². The molecule has 2 heterocycles. The highest BCUT2D eigenvalue weighted by Crippen LogP contribution is 2.43. The molecule has 0 unspecified atom stereocenters. The molecule has 0 saturated heterocycles. The van der Waals surface area contributed by atoms with Crippen molar-refractivity contribution < 1.29 is 4.74 Å². The Morgan fingerprint density at radius 3 is 3.08 bits per heavy atom. The minimum atomic E-state index is -0.124. The third-order valence-corrected chi connectivity index (χ3v) is 2.59. The van der Waals surface area contributed by atoms with Crippen LogP contribution in [0.1, 0.15) is 18.5 Å². The summed E-state index contributed by atoms with van der Waals surface area (Å²) in [6.45, 7) is 1.62. The van der Waals surface area contributed by atoms with Crippen molar-refractivity contribution >= 4 is 0 Å². The molecule has 0 aromatic carbocycles. The molecule has 12 heavy (non-hydrogen) atoms. The maximum atomic E-state index is 6.00. The van der Waals surface area contributed by atoms with Crippen LogP contribution in [0, 0.1) is 0 Å². The Balaban J connectivity index is 2.03. The lowest BCUT2D eigenvalue weighted by Gasteiger charge is -2.02. The van der Waals surface area contributed by atoms with Gasteiger partial charge in [-0.15, -0.1) is 0 Å². The molecule has 0 spiro atoms. The molecule has 0 amide bonds. The lowest BCUT2D eigenvalue weighted by Crippen LogP contribution is -2.19. The van der Waals surface area contributed by atoms with E-state index in [9.17, 15) is 0 Å². The summed E-state index contributed by atoms with van der Waals surface area (Å²) in [5.74, 6) is 0.877. The van der Waals surface area contributed by atoms with Crippen LogP contribution in [-0.4, -0.2) is 16.4 Å². The van der Waals surface area contributed by atoms with Crippen molar-refractivity contribution in [3.63, 3.8) is 0 Å². The molecule has 1 fully saturated rings. The minimum absolute atomic E-state index is 0.124. The predicted octanol–water partition coefficient (Wildman–Crippen LogP) is 0.223. The third kappa shape index (κ3) is 0.728. The standard InChI is InChI=1S/C8H11N3O/c9-8(1-2-8)6-5-7-11(10-6)3-4-12-7/h5H,1-4,9H2. The first-order chi connectivity index (χ1) is 5.78. The van der Waals surface area contributed by atoms with Crippen LogP contribution in [0.4, 0.5) is 0 Å². The molecule has 1 aromatic rings. The van der Waals surface area contributed by atoms with E-state index in [4.69, 9.17) is 10.5 Å². The van der Waals surface area contributed by atoms with Crippen LogP contribution in [0.2, 0.25) is 0 Å². The Hall–Kier alpha value is -1.03. The Morgan fingerprint density at radius 2 is 2.42 bits per heavy atom. The zero-order valence-corrected chi connectivity index (χ0v) is 6.79. The first-order valence-electron chi connectivity index (χ1n) is 4.28. The van der Waals surface area contributed by atoms with E-state index in [1.165, 1.54) is 0 Å². The second-order valence-corrected chi connectivity index (χ2v) is 3.60. The summed E-state index contributed by atoms with van der Waals surface area (Å²) in [5, 5.41) is 4.39. The normalized spacial score (nSPS) is 23.4. The molecular formula is C8H11N3O. The molecule has 64 valence electrons. The third-order valence-electron chi connectivity index (χ3n) is 2.59. The highest BCUT2D eigenvalue weighted by Gasteiger charge is 2.43. The van der Waals surface area contributed by atoms with Gasteiger partial charge < -0.3 is 10.5 Å². The quantitative estimate of drug-likeness (QED) is 0.647. The van der Waals surface area contributed by atoms with Gasteiger partial charge >= 0.3 is 0 Å². The number of nitrogens with zero attached hydrogens (tertiary/aromatic N) is 2. The zero-order chi connectivity index (χ0) is 8.18. The Kier molecular flexibility index (Phi) is 0.985. The zero-order valence-electron chi connectivity index (χ0n) is 6.79. The number of hydrogen-bond donors (Lipinski definition) is 1. The largest absolute Gasteiger partial charge is 0.476 e. The molecule has 2 N–H and O–H groups in total. The molecule has 0 bridgehead atoms. The van der Waals surface area contributed by atoms with E-state index < -0.39 is 0 Å². The Bertz CT molecular complexity index is 306. The fourth-order valence-corrected chi connectivity index (χ4v) is 1.55. The van der Waals surface area contributed by atoms with Crippen molar-refractivity contribution in [2.24, 2.45) is 5.73 Å². The van der Waals surface area contributed by atoms with Crippen LogP contribution in [-0.2, 0) is 12.1 Å². The van der Waals surface area contributed by atoms with Crippen LogP contribution < -0.4 is 10.5 Å². The number of nitrogens with two attached hydrogens (primary N) is 1. The van der Waals surface area contributed by atoms with E-state index in [-0.39, 0.29) is 5.54 Å². The summed E-state index contributed by atoms with van der Waals surface area (Å²) in [6.07, 6.45) is 2.12. The first kappa shape index (κ1) is 6.48. The predicted molar refractivity (Wildman–Crippen MR) is 42.8 cm³/mol. The second-order valence-electron chi connectivity index (χ2n) is 3.60. The minimum Gasteiger partial charge on any atom is -0.476 e. The van der Waals surface area contributed by atoms with Crippen molar-refractivity contribution in [2.45, 2.75) is 24.9 Å². The van der Waals surface area contributed by atoms with Gasteiger partial charge in [-0.3, -0.25) is 0 Å². The summed E-state index contributed by atoms with van der Waals surface area (Å²) < 4.78 is 7.24. The highest BCUT2D eigenvalue weighted by atomic mass is 16.5. The smallest absolute Gasteiger partial charge is 0.212 e. The molecule has 1 aromatic heterocycles. The van der Waals surface area contributed by atoms with Crippen LogP contribution >= 0.6 is 0 Å². The lowest BCUT2D eigenvalue weighted by molar-refractivity contribution is 0.356. The van der Waals surface area contributed by atoms with E-state index in [0.717, 1.165) is 37.6 Å². The van der Waals surface area contributed by atoms with Gasteiger partial charge in [0, 0.05) is 6.07 Å². The number of hydrogen-bond acceptors (Lipinski definition) is 3. The molecule has 1 aliphatic heterocycles. The van der Waals surface area contributed by atoms with Crippen LogP contribution in [0.25, 0.3) is 0 Å². The van der Waals surface area contributed by atoms with Crippen molar-refractivity contribution in [1.29, 1.82) is 0 Å². The molecule has 3 rings (SSSR count). The summed E-state index contributed by atoms with van der Waals surface area (Å²) in [5.41, 5.74) is 6.87. The summed E-state index contributed by atoms with van der Waals surface area (Å²) >= 11 is 0. The van der Waals surface area contributed by atoms with Crippen molar-refractivity contribution in [3.8, 4) is 5.88 Å². The molecule has 2 aliphatic rings. The molecule has 0 atom stereocenters. The van der Waals surface area contributed by atoms with Crippen molar-refractivity contribution in [3.05, 3.63) is 11.8 Å². The fraction of sp³-hybridized carbons (Fsp3) is 0.625. The molecule has 4 nitrogen and oxygen atoms in total. The molecule has 1 saturated carbocycles. The van der Waals surface area contributed by atoms with Gasteiger partial charge in [0.05, 0.1) is 17.8 Å². The van der Waals surface area contributed by atoms with Gasteiger partial charge in [0.25, 0.3) is 0 Å². The van der Waals surface area contributed by atoms with E-state index >= 15 is 0 Å². The highest BCUT2D eigenvalue weighted by molar-refractivity contribution is 5.28. The van der Waals surface area contributed by atoms with E-state index in [1.54, 1.807) is 0 Å². The second kappa shape index (κ2) is 1.82. The SMILES string of the molecule is NC1(c2cc3n(n2)CCO3)CC1. The molecule has 4 heteroatoms. The first-order valence-corrected chi connectivity index (χ1v) is 4.28. The maximum absolute atomic E-state index is 6.00. The van der Waals surface area contributed by atoms with Gasteiger partial charge in [-0.2, -0.15) is 5.10 Å². The van der Waals surface area contributed by atoms with Gasteiger partial charge in [0.1, 0.15) is 6.61 Å². The molecular weight excluding hydrogens is 154 g/mol. The van der Waals surface area contributed by atoms with Crippen LogP contribution in [0.3, 0.4) is 0 Å². The number of ether oxygens (including phenoxy) is 1. The maximum Gasteiger partial charge on any atom is 0.212 e. The number of rotatable bonds is 1. The topological polar surface area (TPSA) is 53.1 Å². The molecule has 1 aliphatic carbocycles. The van der Waals surface area contributed by atoms with Crippen molar-refractivity contribution in [2.75, 3.05) is 6.61 Å². The number of fused-ring (bicyclic) bond motifs is 1. The van der Waals surface area contributed by atoms with Gasteiger partial charge in [-0.05, 0) is 12.8 Å². The van der Waals surface area contributed by atoms with E-state index in [2.05, 4.69) is 5.10 Å². The van der Waals surface area contributed by atoms with E-state index in [1.807, 2.05) is 10.7 Å². The molecule has 0 radical (unpaired) electrons. The van der Waals surface area contributed by atoms with Gasteiger partial charge in [-0.1, -0.05) is 0 Å². The van der Waals surface area contributed by atoms with Crippen molar-refractivity contribution in [1.82, 2.24) is 9.78 Å². The summed E-state index contributed by atoms with van der Waals surface area (Å²) in [4.78, 5) is 0. The average molecular weight is 165 g/mol. The fourth-order valence-electron chi connectivity index (χ4n) is 1.55. The van der Waals surface area contributed by atoms with Crippen LogP contribution in [0.5, 0.6) is 5.88 Å². The van der Waals surface area contributed by atoms with E-state index in [0.29, 0.717) is 0 Å². The average Bonchev–Trinajstić information content (AvgIpc) is 2.50. The monoisotopic (exact) mass is 165 g/mol. The lowest BCUT2D eigenvalue weighted by atomic mass is 10.2. The Morgan fingerprint density at radius 1 is 1.58 bits per heavy atom. The van der Waals surface area contributed by atoms with Crippen LogP contribution in [0.15, 0.2) is 6.07 Å². The Labute approximate surface area is 70.3 Å². The van der Waals surface area contributed by atoms with Gasteiger partial charge in [0.15, 0.2) is 0 Å². The number of aromatic nitrogens is 2. The summed E-state index contributed by atoms with van der Waals surface area (Å²) in [7, 11) is 0. The van der Waals surface area contributed by atoms with Gasteiger partial charge in [-0.25, -0.2) is 4.68 Å². The summed E-state index contributed by atoms with van der Waals surface area (Å²) in [6, 6.07) is 1.97.